The van der Waals surface area contributed by atoms with Gasteiger partial charge in [0, 0.05) is 10.5 Å². The maximum Gasteiger partial charge on any atom is 0.244 e. The molecule has 19 heavy (non-hydrogen) atoms. The molecule has 0 radical (unpaired) electrons. The van der Waals surface area contributed by atoms with Crippen LogP contribution in [-0.2, 0) is 10.0 Å². The average Bonchev–Trinajstić information content (AvgIpc) is 2.74. The number of hydrogen-bond acceptors (Lipinski definition) is 3. The van der Waals surface area contributed by atoms with Crippen molar-refractivity contribution in [2.75, 3.05) is 7.11 Å². The monoisotopic (exact) mass is 347 g/mol. The molecule has 0 bridgehead atoms. The molecule has 4 nitrogen and oxygen atoms in total. The first kappa shape index (κ1) is 14.8. The van der Waals surface area contributed by atoms with Crippen LogP contribution in [0.1, 0.15) is 26.2 Å². The van der Waals surface area contributed by atoms with E-state index in [2.05, 4.69) is 27.6 Å². The molecular weight excluding hydrogens is 330 g/mol. The molecule has 0 amide bonds. The lowest BCUT2D eigenvalue weighted by Crippen LogP contribution is -2.33. The predicted octanol–water partition coefficient (Wildman–Crippen LogP) is 2.92. The molecule has 1 N–H and O–H groups in total. The number of rotatable bonds is 4. The van der Waals surface area contributed by atoms with E-state index in [1.54, 1.807) is 18.2 Å². The highest BCUT2D eigenvalue weighted by Gasteiger charge is 2.28. The Kier molecular flexibility index (Phi) is 4.53. The van der Waals surface area contributed by atoms with Gasteiger partial charge in [-0.2, -0.15) is 0 Å². The van der Waals surface area contributed by atoms with Crippen LogP contribution >= 0.6 is 15.9 Å². The second kappa shape index (κ2) is 5.81. The number of benzene rings is 1. The molecule has 1 fully saturated rings. The van der Waals surface area contributed by atoms with Gasteiger partial charge in [-0.05, 0) is 43.4 Å². The molecule has 0 saturated heterocycles. The van der Waals surface area contributed by atoms with Crippen molar-refractivity contribution in [3.63, 3.8) is 0 Å². The van der Waals surface area contributed by atoms with Crippen LogP contribution in [0.4, 0.5) is 0 Å². The quantitative estimate of drug-likeness (QED) is 0.910. The van der Waals surface area contributed by atoms with Crippen LogP contribution in [0.5, 0.6) is 5.75 Å². The average molecular weight is 348 g/mol. The molecule has 0 heterocycles. The van der Waals surface area contributed by atoms with E-state index in [1.807, 2.05) is 0 Å². The fraction of sp³-hybridized carbons (Fsp3) is 0.538. The van der Waals surface area contributed by atoms with Gasteiger partial charge in [-0.3, -0.25) is 0 Å². The summed E-state index contributed by atoms with van der Waals surface area (Å²) < 4.78 is 33.5. The van der Waals surface area contributed by atoms with Crippen molar-refractivity contribution in [3.05, 3.63) is 22.7 Å². The normalized spacial score (nSPS) is 23.5. The third kappa shape index (κ3) is 3.49. The zero-order chi connectivity index (χ0) is 14.0. The van der Waals surface area contributed by atoms with Crippen molar-refractivity contribution in [2.24, 2.45) is 5.92 Å². The van der Waals surface area contributed by atoms with Crippen LogP contribution in [0.25, 0.3) is 0 Å². The van der Waals surface area contributed by atoms with Crippen molar-refractivity contribution < 1.29 is 13.2 Å². The summed E-state index contributed by atoms with van der Waals surface area (Å²) in [5.74, 6) is 0.943. The van der Waals surface area contributed by atoms with Gasteiger partial charge < -0.3 is 4.74 Å². The van der Waals surface area contributed by atoms with Gasteiger partial charge in [0.2, 0.25) is 10.0 Å². The maximum absolute atomic E-state index is 12.4. The second-order valence-electron chi connectivity index (χ2n) is 5.03. The van der Waals surface area contributed by atoms with E-state index in [9.17, 15) is 8.42 Å². The minimum Gasteiger partial charge on any atom is -0.495 e. The number of ether oxygens (including phenoxy) is 1. The van der Waals surface area contributed by atoms with Crippen molar-refractivity contribution in [1.29, 1.82) is 0 Å². The Labute approximate surface area is 122 Å². The fourth-order valence-electron chi connectivity index (χ4n) is 2.46. The third-order valence-electron chi connectivity index (χ3n) is 3.43. The molecule has 2 rings (SSSR count). The molecule has 1 aromatic rings. The minimum atomic E-state index is -3.54. The van der Waals surface area contributed by atoms with Gasteiger partial charge in [0.25, 0.3) is 0 Å². The number of nitrogens with one attached hydrogen (secondary N) is 1. The van der Waals surface area contributed by atoms with Gasteiger partial charge in [-0.25, -0.2) is 13.1 Å². The van der Waals surface area contributed by atoms with Crippen LogP contribution < -0.4 is 9.46 Å². The molecule has 1 saturated carbocycles. The number of hydrogen-bond donors (Lipinski definition) is 1. The maximum atomic E-state index is 12.4. The molecule has 1 aliphatic rings. The molecule has 1 aliphatic carbocycles. The van der Waals surface area contributed by atoms with E-state index in [-0.39, 0.29) is 10.9 Å². The van der Waals surface area contributed by atoms with Crippen molar-refractivity contribution in [1.82, 2.24) is 4.72 Å². The van der Waals surface area contributed by atoms with Gasteiger partial charge in [0.15, 0.2) is 0 Å². The van der Waals surface area contributed by atoms with Gasteiger partial charge in [0.05, 0.1) is 7.11 Å². The summed E-state index contributed by atoms with van der Waals surface area (Å²) in [5, 5.41) is 0. The van der Waals surface area contributed by atoms with E-state index >= 15 is 0 Å². The van der Waals surface area contributed by atoms with Crippen LogP contribution in [0, 0.1) is 5.92 Å². The highest BCUT2D eigenvalue weighted by molar-refractivity contribution is 9.10. The first-order chi connectivity index (χ1) is 8.92. The van der Waals surface area contributed by atoms with Crippen LogP contribution in [0.3, 0.4) is 0 Å². The Bertz CT molecular complexity index is 559. The summed E-state index contributed by atoms with van der Waals surface area (Å²) in [4.78, 5) is 0.184. The van der Waals surface area contributed by atoms with Crippen molar-refractivity contribution in [2.45, 2.75) is 37.1 Å². The largest absolute Gasteiger partial charge is 0.495 e. The van der Waals surface area contributed by atoms with Gasteiger partial charge >= 0.3 is 0 Å². The molecular formula is C13H18BrNO3S. The molecule has 2 unspecified atom stereocenters. The molecule has 0 aliphatic heterocycles. The van der Waals surface area contributed by atoms with Gasteiger partial charge in [-0.15, -0.1) is 0 Å². The standard InChI is InChI=1S/C13H18BrNO3S/c1-9-3-5-11(7-9)15-19(16,17)13-8-10(14)4-6-12(13)18-2/h4,6,8-9,11,15H,3,5,7H2,1-2H3. The van der Waals surface area contributed by atoms with E-state index in [0.29, 0.717) is 16.1 Å². The summed E-state index contributed by atoms with van der Waals surface area (Å²) in [6, 6.07) is 5.01. The van der Waals surface area contributed by atoms with Crippen LogP contribution in [0.15, 0.2) is 27.6 Å². The predicted molar refractivity (Wildman–Crippen MR) is 77.8 cm³/mol. The lowest BCUT2D eigenvalue weighted by atomic mass is 10.1. The Morgan fingerprint density at radius 2 is 2.11 bits per heavy atom. The minimum absolute atomic E-state index is 0.0312. The first-order valence-corrected chi connectivity index (χ1v) is 8.56. The van der Waals surface area contributed by atoms with Gasteiger partial charge in [0.1, 0.15) is 10.6 Å². The van der Waals surface area contributed by atoms with Crippen molar-refractivity contribution in [3.8, 4) is 5.75 Å². The Balaban J connectivity index is 2.26. The lowest BCUT2D eigenvalue weighted by Gasteiger charge is -2.15. The van der Waals surface area contributed by atoms with E-state index < -0.39 is 10.0 Å². The first-order valence-electron chi connectivity index (χ1n) is 6.28. The Morgan fingerprint density at radius 3 is 2.68 bits per heavy atom. The Morgan fingerprint density at radius 1 is 1.37 bits per heavy atom. The molecule has 2 atom stereocenters. The number of halogens is 1. The van der Waals surface area contributed by atoms with E-state index in [0.717, 1.165) is 19.3 Å². The van der Waals surface area contributed by atoms with Gasteiger partial charge in [-0.1, -0.05) is 22.9 Å². The van der Waals surface area contributed by atoms with E-state index in [1.165, 1.54) is 7.11 Å². The topological polar surface area (TPSA) is 55.4 Å². The molecule has 6 heteroatoms. The number of methoxy groups -OCH3 is 1. The zero-order valence-electron chi connectivity index (χ0n) is 11.0. The summed E-state index contributed by atoms with van der Waals surface area (Å²) in [5.41, 5.74) is 0. The molecule has 0 spiro atoms. The lowest BCUT2D eigenvalue weighted by molar-refractivity contribution is 0.401. The second-order valence-corrected chi connectivity index (χ2v) is 7.63. The SMILES string of the molecule is COc1ccc(Br)cc1S(=O)(=O)NC1CCC(C)C1. The molecule has 0 aromatic heterocycles. The fourth-order valence-corrected chi connectivity index (χ4v) is 4.45. The smallest absolute Gasteiger partial charge is 0.244 e. The zero-order valence-corrected chi connectivity index (χ0v) is 13.4. The third-order valence-corrected chi connectivity index (χ3v) is 5.47. The highest BCUT2D eigenvalue weighted by atomic mass is 79.9. The summed E-state index contributed by atoms with van der Waals surface area (Å²) in [7, 11) is -2.07. The summed E-state index contributed by atoms with van der Waals surface area (Å²) in [6.07, 6.45) is 2.87. The molecule has 106 valence electrons. The molecule has 1 aromatic carbocycles. The van der Waals surface area contributed by atoms with Crippen LogP contribution in [0.2, 0.25) is 0 Å². The van der Waals surface area contributed by atoms with Crippen LogP contribution in [-0.4, -0.2) is 21.6 Å². The highest BCUT2D eigenvalue weighted by Crippen LogP contribution is 2.30. The van der Waals surface area contributed by atoms with Crippen molar-refractivity contribution >= 4 is 26.0 Å². The Hall–Kier alpha value is -0.590. The summed E-state index contributed by atoms with van der Waals surface area (Å²) >= 11 is 3.29. The van der Waals surface area contributed by atoms with E-state index in [4.69, 9.17) is 4.74 Å². The summed E-state index contributed by atoms with van der Waals surface area (Å²) in [6.45, 7) is 2.15. The number of sulfonamides is 1.